The number of rotatable bonds is 43. The number of aliphatic hydroxyl groups is 1. The van der Waals surface area contributed by atoms with Crippen LogP contribution < -0.4 is 0 Å². The minimum atomic E-state index is -0.218. The van der Waals surface area contributed by atoms with E-state index in [1.807, 2.05) is 0 Å². The van der Waals surface area contributed by atoms with Crippen molar-refractivity contribution < 1.29 is 33.4 Å². The summed E-state index contributed by atoms with van der Waals surface area (Å²) in [5.41, 5.74) is 0. The third-order valence-electron chi connectivity index (χ3n) is 10.7. The van der Waals surface area contributed by atoms with Gasteiger partial charge in [0.15, 0.2) is 0 Å². The van der Waals surface area contributed by atoms with Crippen LogP contribution in [0.4, 0.5) is 0 Å². The third-order valence-corrected chi connectivity index (χ3v) is 11.6. The molecule has 0 aliphatic heterocycles. The monoisotopic (exact) mass is 824 g/mol. The summed E-state index contributed by atoms with van der Waals surface area (Å²) in [7, 11) is 4.14. The van der Waals surface area contributed by atoms with Gasteiger partial charge in [0.25, 0.3) is 0 Å². The van der Waals surface area contributed by atoms with Crippen LogP contribution in [0.25, 0.3) is 0 Å². The number of hydrogen-bond acceptors (Lipinski definition) is 7. The second kappa shape index (κ2) is 42.3. The molecule has 0 radical (unpaired) electrons. The van der Waals surface area contributed by atoms with Crippen molar-refractivity contribution in [2.75, 3.05) is 71.6 Å². The summed E-state index contributed by atoms with van der Waals surface area (Å²) in [6, 6.07) is 0. The molecule has 1 N–H and O–H groups in total. The lowest BCUT2D eigenvalue weighted by molar-refractivity contribution is -0.888. The lowest BCUT2D eigenvalue weighted by Crippen LogP contribution is -2.44. The van der Waals surface area contributed by atoms with Gasteiger partial charge in [0, 0.05) is 18.6 Å². The second-order valence-corrected chi connectivity index (χ2v) is 17.8. The van der Waals surface area contributed by atoms with E-state index in [4.69, 9.17) is 9.47 Å². The number of aliphatic hydroxyl groups excluding tert-OH is 1. The smallest absolute Gasteiger partial charge is 0.305 e. The SMILES string of the molecule is CCCCCCCCC=CCCCCCCCC(=O)OCCN(CCOC(=O)CCCCCCCC=CCCCCCCCC)C(=O)CSCC[N+](C)(C)CCO. The van der Waals surface area contributed by atoms with E-state index in [0.29, 0.717) is 29.6 Å². The zero-order valence-corrected chi connectivity index (χ0v) is 38.6. The minimum absolute atomic E-state index is 0.0472. The molecule has 0 aliphatic carbocycles. The van der Waals surface area contributed by atoms with Gasteiger partial charge in [-0.05, 0) is 64.2 Å². The van der Waals surface area contributed by atoms with E-state index in [2.05, 4.69) is 52.2 Å². The van der Waals surface area contributed by atoms with Crippen molar-refractivity contribution in [1.82, 2.24) is 4.90 Å². The van der Waals surface area contributed by atoms with Crippen molar-refractivity contribution >= 4 is 29.6 Å². The van der Waals surface area contributed by atoms with Crippen LogP contribution in [0.2, 0.25) is 0 Å². The Morgan fingerprint density at radius 3 is 1.30 bits per heavy atom. The van der Waals surface area contributed by atoms with Crippen LogP contribution in [-0.4, -0.2) is 104 Å². The van der Waals surface area contributed by atoms with Crippen molar-refractivity contribution in [3.8, 4) is 0 Å². The van der Waals surface area contributed by atoms with Crippen LogP contribution in [-0.2, 0) is 23.9 Å². The van der Waals surface area contributed by atoms with E-state index in [1.54, 1.807) is 16.7 Å². The fraction of sp³-hybridized carbons (Fsp3) is 0.854. The van der Waals surface area contributed by atoms with Crippen LogP contribution in [0.15, 0.2) is 24.3 Å². The zero-order chi connectivity index (χ0) is 41.9. The van der Waals surface area contributed by atoms with Crippen molar-refractivity contribution in [3.63, 3.8) is 0 Å². The molecule has 0 unspecified atom stereocenters. The van der Waals surface area contributed by atoms with E-state index < -0.39 is 0 Å². The number of ether oxygens (including phenoxy) is 2. The van der Waals surface area contributed by atoms with Crippen molar-refractivity contribution in [1.29, 1.82) is 0 Å². The number of unbranched alkanes of at least 4 members (excludes halogenated alkanes) is 22. The Bertz CT molecular complexity index is 930. The lowest BCUT2D eigenvalue weighted by atomic mass is 10.1. The zero-order valence-electron chi connectivity index (χ0n) is 37.8. The highest BCUT2D eigenvalue weighted by atomic mass is 32.2. The number of carbonyl (C=O) groups is 3. The number of thioether (sulfide) groups is 1. The Hall–Kier alpha value is -1.84. The van der Waals surface area contributed by atoms with Gasteiger partial charge in [0.2, 0.25) is 5.91 Å². The molecule has 0 atom stereocenters. The summed E-state index contributed by atoms with van der Waals surface area (Å²) in [4.78, 5) is 39.7. The van der Waals surface area contributed by atoms with Crippen LogP contribution in [0.5, 0.6) is 0 Å². The lowest BCUT2D eigenvalue weighted by Gasteiger charge is -2.28. The first-order valence-electron chi connectivity index (χ1n) is 23.6. The molecule has 0 aliphatic rings. The molecule has 0 saturated carbocycles. The highest BCUT2D eigenvalue weighted by Gasteiger charge is 2.18. The quantitative estimate of drug-likeness (QED) is 0.0283. The number of amides is 1. The molecular weight excluding hydrogens is 733 g/mol. The Kier molecular flexibility index (Phi) is 40.9. The first-order chi connectivity index (χ1) is 27.8. The third kappa shape index (κ3) is 40.7. The van der Waals surface area contributed by atoms with Gasteiger partial charge in [0.05, 0.1) is 46.1 Å². The minimum Gasteiger partial charge on any atom is -0.464 e. The van der Waals surface area contributed by atoms with Gasteiger partial charge in [-0.3, -0.25) is 14.4 Å². The predicted octanol–water partition coefficient (Wildman–Crippen LogP) is 11.8. The maximum atomic E-state index is 13.2. The van der Waals surface area contributed by atoms with E-state index in [1.165, 1.54) is 116 Å². The topological polar surface area (TPSA) is 93.1 Å². The Labute approximate surface area is 356 Å². The van der Waals surface area contributed by atoms with E-state index >= 15 is 0 Å². The molecule has 0 spiro atoms. The summed E-state index contributed by atoms with van der Waals surface area (Å²) in [5.74, 6) is 0.622. The average Bonchev–Trinajstić information content (AvgIpc) is 3.18. The first kappa shape index (κ1) is 55.2. The molecule has 0 aromatic rings. The number of esters is 2. The Morgan fingerprint density at radius 2 is 0.912 bits per heavy atom. The van der Waals surface area contributed by atoms with Gasteiger partial charge in [-0.25, -0.2) is 0 Å². The summed E-state index contributed by atoms with van der Waals surface area (Å²) in [6.07, 6.45) is 41.7. The highest BCUT2D eigenvalue weighted by molar-refractivity contribution is 7.99. The number of carbonyl (C=O) groups excluding carboxylic acids is 3. The second-order valence-electron chi connectivity index (χ2n) is 16.6. The molecule has 0 aromatic heterocycles. The maximum Gasteiger partial charge on any atom is 0.305 e. The summed E-state index contributed by atoms with van der Waals surface area (Å²) >= 11 is 1.57. The molecule has 0 bridgehead atoms. The molecule has 57 heavy (non-hydrogen) atoms. The van der Waals surface area contributed by atoms with Gasteiger partial charge in [-0.2, -0.15) is 0 Å². The fourth-order valence-corrected chi connectivity index (χ4v) is 7.79. The van der Waals surface area contributed by atoms with E-state index in [0.717, 1.165) is 63.7 Å². The molecule has 0 aromatic carbocycles. The van der Waals surface area contributed by atoms with Crippen LogP contribution in [0.3, 0.4) is 0 Å². The fourth-order valence-electron chi connectivity index (χ4n) is 6.67. The van der Waals surface area contributed by atoms with Crippen molar-refractivity contribution in [2.24, 2.45) is 0 Å². The van der Waals surface area contributed by atoms with Gasteiger partial charge in [-0.1, -0.05) is 141 Å². The standard InChI is InChI=1S/C48H91N2O6S/c1-5-7-9-11-13-15-17-19-21-23-25-27-29-31-33-35-47(53)55-42-37-49(46(52)45-57-44-40-50(3,4)39-41-51)38-43-56-48(54)36-34-32-30-28-26-24-22-20-18-16-14-12-10-8-6-2/h19-22,51H,5-18,23-45H2,1-4H3/q+1. The summed E-state index contributed by atoms with van der Waals surface area (Å²) in [5, 5.41) is 9.30. The first-order valence-corrected chi connectivity index (χ1v) is 24.8. The predicted molar refractivity (Wildman–Crippen MR) is 244 cm³/mol. The number of quaternary nitrogens is 1. The molecule has 0 fully saturated rings. The van der Waals surface area contributed by atoms with Crippen LogP contribution in [0, 0.1) is 0 Å². The Morgan fingerprint density at radius 1 is 0.544 bits per heavy atom. The van der Waals surface area contributed by atoms with Gasteiger partial charge >= 0.3 is 11.9 Å². The normalized spacial score (nSPS) is 11.9. The van der Waals surface area contributed by atoms with Gasteiger partial charge in [-0.15, -0.1) is 11.8 Å². The van der Waals surface area contributed by atoms with Gasteiger partial charge < -0.3 is 24.0 Å². The molecule has 0 saturated heterocycles. The highest BCUT2D eigenvalue weighted by Crippen LogP contribution is 2.13. The number of likely N-dealkylation sites (N-methyl/N-ethyl adjacent to an activating group) is 1. The largest absolute Gasteiger partial charge is 0.464 e. The van der Waals surface area contributed by atoms with Gasteiger partial charge in [0.1, 0.15) is 19.8 Å². The van der Waals surface area contributed by atoms with Crippen LogP contribution in [0.1, 0.15) is 194 Å². The molecule has 0 rings (SSSR count). The average molecular weight is 824 g/mol. The number of nitrogens with zero attached hydrogens (tertiary/aromatic N) is 2. The number of hydrogen-bond donors (Lipinski definition) is 1. The van der Waals surface area contributed by atoms with E-state index in [-0.39, 0.29) is 50.8 Å². The van der Waals surface area contributed by atoms with Crippen molar-refractivity contribution in [3.05, 3.63) is 24.3 Å². The van der Waals surface area contributed by atoms with Crippen LogP contribution >= 0.6 is 11.8 Å². The maximum absolute atomic E-state index is 13.2. The molecule has 334 valence electrons. The summed E-state index contributed by atoms with van der Waals surface area (Å²) < 4.78 is 11.7. The summed E-state index contributed by atoms with van der Waals surface area (Å²) in [6.45, 7) is 7.03. The molecule has 8 nitrogen and oxygen atoms in total. The molecule has 0 heterocycles. The molecule has 9 heteroatoms. The molecular formula is C48H91N2O6S+. The Balaban J connectivity index is 4.29. The number of allylic oxidation sites excluding steroid dienone is 4. The van der Waals surface area contributed by atoms with Crippen molar-refractivity contribution in [2.45, 2.75) is 194 Å². The van der Waals surface area contributed by atoms with E-state index in [9.17, 15) is 19.5 Å². The molecule has 1 amide bonds.